The van der Waals surface area contributed by atoms with Crippen LogP contribution in [0.3, 0.4) is 0 Å². The van der Waals surface area contributed by atoms with Crippen LogP contribution in [0.25, 0.3) is 0 Å². The zero-order valence-corrected chi connectivity index (χ0v) is 7.23. The number of hydrogen-bond donors (Lipinski definition) is 0. The summed E-state index contributed by atoms with van der Waals surface area (Å²) < 4.78 is 130. The molecule has 0 heterocycles. The first-order chi connectivity index (χ1) is 7.26. The molecule has 17 heavy (non-hydrogen) atoms. The van der Waals surface area contributed by atoms with Gasteiger partial charge in [0.2, 0.25) is 12.0 Å². The number of halogens is 11. The Balaban J connectivity index is 5.47. The van der Waals surface area contributed by atoms with Crippen LogP contribution in [-0.2, 0) is 0 Å². The maximum absolute atomic E-state index is 12.2. The number of rotatable bonds is 3. The van der Waals surface area contributed by atoms with Crippen LogP contribution in [0, 0.1) is 0 Å². The third-order valence-corrected chi connectivity index (χ3v) is 1.47. The zero-order valence-electron chi connectivity index (χ0n) is 7.23. The topological polar surface area (TPSA) is 0 Å². The highest BCUT2D eigenvalue weighted by atomic mass is 19.4. The van der Waals surface area contributed by atoms with Crippen LogP contribution in [0.1, 0.15) is 0 Å². The molecule has 1 unspecified atom stereocenters. The van der Waals surface area contributed by atoms with Crippen molar-refractivity contribution in [2.24, 2.45) is 0 Å². The molecule has 1 atom stereocenters. The van der Waals surface area contributed by atoms with Gasteiger partial charge in [0.05, 0.1) is 0 Å². The second-order valence-corrected chi connectivity index (χ2v) is 2.68. The fourth-order valence-electron chi connectivity index (χ4n) is 0.609. The van der Waals surface area contributed by atoms with Gasteiger partial charge in [0, 0.05) is 0 Å². The molecule has 0 amide bonds. The highest BCUT2D eigenvalue weighted by molar-refractivity contribution is 5.11. The maximum Gasteiger partial charge on any atom is 0.456 e. The molecule has 0 aliphatic rings. The lowest BCUT2D eigenvalue weighted by Gasteiger charge is -2.27. The summed E-state index contributed by atoms with van der Waals surface area (Å²) in [5, 5.41) is 0. The van der Waals surface area contributed by atoms with Crippen LogP contribution in [-0.4, -0.2) is 24.2 Å². The molecular formula is C6HF11. The van der Waals surface area contributed by atoms with E-state index in [1.165, 1.54) is 0 Å². The normalized spacial score (nSPS) is 15.7. The molecule has 0 radical (unpaired) electrons. The Morgan fingerprint density at radius 1 is 0.765 bits per heavy atom. The van der Waals surface area contributed by atoms with Crippen molar-refractivity contribution in [2.45, 2.75) is 24.2 Å². The highest BCUT2D eigenvalue weighted by Gasteiger charge is 2.71. The zero-order chi connectivity index (χ0) is 14.2. The summed E-state index contributed by atoms with van der Waals surface area (Å²) in [5.74, 6) is -16.9. The first-order valence-electron chi connectivity index (χ1n) is 3.44. The van der Waals surface area contributed by atoms with E-state index in [0.717, 1.165) is 0 Å². The van der Waals surface area contributed by atoms with Crippen LogP contribution in [0.15, 0.2) is 11.9 Å². The number of allylic oxidation sites excluding steroid dienone is 1. The number of hydrogen-bond acceptors (Lipinski definition) is 0. The van der Waals surface area contributed by atoms with Gasteiger partial charge in [-0.25, -0.2) is 4.39 Å². The molecular weight excluding hydrogens is 281 g/mol. The van der Waals surface area contributed by atoms with E-state index >= 15 is 0 Å². The molecule has 0 aromatic carbocycles. The minimum atomic E-state index is -6.77. The molecule has 0 aliphatic heterocycles. The van der Waals surface area contributed by atoms with Gasteiger partial charge < -0.3 is 0 Å². The lowest BCUT2D eigenvalue weighted by molar-refractivity contribution is -0.324. The smallest absolute Gasteiger partial charge is 0.233 e. The van der Waals surface area contributed by atoms with E-state index in [1.54, 1.807) is 0 Å². The third kappa shape index (κ3) is 2.80. The van der Waals surface area contributed by atoms with Crippen LogP contribution < -0.4 is 0 Å². The van der Waals surface area contributed by atoms with Crippen molar-refractivity contribution in [3.05, 3.63) is 11.9 Å². The van der Waals surface area contributed by atoms with Crippen molar-refractivity contribution < 1.29 is 48.3 Å². The van der Waals surface area contributed by atoms with Gasteiger partial charge in [-0.1, -0.05) is 0 Å². The second kappa shape index (κ2) is 4.33. The Morgan fingerprint density at radius 2 is 1.12 bits per heavy atom. The standard InChI is InChI=1S/C6HF11/c7-1(2(8)9)4(11,12)3(10)5(13,14)6(15,16)17/h3H. The highest BCUT2D eigenvalue weighted by Crippen LogP contribution is 2.47. The maximum atomic E-state index is 12.2. The third-order valence-electron chi connectivity index (χ3n) is 1.47. The van der Waals surface area contributed by atoms with Gasteiger partial charge in [-0.3, -0.25) is 0 Å². The van der Waals surface area contributed by atoms with Crippen molar-refractivity contribution in [1.82, 2.24) is 0 Å². The molecule has 0 saturated heterocycles. The first-order valence-corrected chi connectivity index (χ1v) is 3.44. The predicted molar refractivity (Wildman–Crippen MR) is 31.2 cm³/mol. The Morgan fingerprint density at radius 3 is 1.35 bits per heavy atom. The summed E-state index contributed by atoms with van der Waals surface area (Å²) in [5.41, 5.74) is 0. The van der Waals surface area contributed by atoms with Gasteiger partial charge in [0.15, 0.2) is 0 Å². The van der Waals surface area contributed by atoms with Crippen molar-refractivity contribution in [2.75, 3.05) is 0 Å². The van der Waals surface area contributed by atoms with Crippen molar-refractivity contribution in [3.8, 4) is 0 Å². The summed E-state index contributed by atoms with van der Waals surface area (Å²) in [4.78, 5) is 0. The summed E-state index contributed by atoms with van der Waals surface area (Å²) >= 11 is 0. The van der Waals surface area contributed by atoms with E-state index in [4.69, 9.17) is 0 Å². The van der Waals surface area contributed by atoms with Crippen molar-refractivity contribution in [1.29, 1.82) is 0 Å². The van der Waals surface area contributed by atoms with Crippen molar-refractivity contribution >= 4 is 0 Å². The minimum Gasteiger partial charge on any atom is -0.233 e. The summed E-state index contributed by atoms with van der Waals surface area (Å²) in [6.07, 6.45) is -16.2. The summed E-state index contributed by atoms with van der Waals surface area (Å²) in [7, 11) is 0. The van der Waals surface area contributed by atoms with E-state index in [2.05, 4.69) is 0 Å². The lowest BCUT2D eigenvalue weighted by Crippen LogP contribution is -2.53. The summed E-state index contributed by atoms with van der Waals surface area (Å²) in [6, 6.07) is 0. The molecule has 0 fully saturated rings. The quantitative estimate of drug-likeness (QED) is 0.679. The SMILES string of the molecule is FC(F)=C(F)C(F)(F)C(F)C(F)(F)C(F)(F)F. The van der Waals surface area contributed by atoms with Gasteiger partial charge >= 0.3 is 24.1 Å². The van der Waals surface area contributed by atoms with Gasteiger partial charge in [-0.2, -0.15) is 43.9 Å². The van der Waals surface area contributed by atoms with E-state index in [0.29, 0.717) is 0 Å². The molecule has 11 heteroatoms. The Labute approximate surface area is 85.7 Å². The summed E-state index contributed by atoms with van der Waals surface area (Å²) in [6.45, 7) is 0. The fourth-order valence-corrected chi connectivity index (χ4v) is 0.609. The molecule has 0 aromatic rings. The lowest BCUT2D eigenvalue weighted by atomic mass is 10.1. The van der Waals surface area contributed by atoms with E-state index in [-0.39, 0.29) is 0 Å². The van der Waals surface area contributed by atoms with E-state index < -0.39 is 36.1 Å². The van der Waals surface area contributed by atoms with Crippen LogP contribution >= 0.6 is 0 Å². The Hall–Kier alpha value is -1.03. The van der Waals surface area contributed by atoms with Gasteiger partial charge in [-0.05, 0) is 0 Å². The van der Waals surface area contributed by atoms with Crippen molar-refractivity contribution in [3.63, 3.8) is 0 Å². The monoisotopic (exact) mass is 282 g/mol. The average molecular weight is 282 g/mol. The molecule has 0 saturated carbocycles. The first kappa shape index (κ1) is 16.0. The molecule has 0 nitrogen and oxygen atoms in total. The van der Waals surface area contributed by atoms with Gasteiger partial charge in [0.1, 0.15) is 0 Å². The van der Waals surface area contributed by atoms with Crippen LogP contribution in [0.2, 0.25) is 0 Å². The molecule has 102 valence electrons. The fraction of sp³-hybridized carbons (Fsp3) is 0.667. The molecule has 0 bridgehead atoms. The molecule has 0 rings (SSSR count). The Kier molecular flexibility index (Phi) is 4.07. The van der Waals surface area contributed by atoms with E-state index in [1.807, 2.05) is 0 Å². The molecule has 0 spiro atoms. The average Bonchev–Trinajstić information content (AvgIpc) is 2.13. The number of alkyl halides is 8. The van der Waals surface area contributed by atoms with Crippen LogP contribution in [0.5, 0.6) is 0 Å². The predicted octanol–water partition coefficient (Wildman–Crippen LogP) is 4.24. The molecule has 0 aromatic heterocycles. The molecule has 0 N–H and O–H groups in total. The molecule has 0 aliphatic carbocycles. The van der Waals surface area contributed by atoms with E-state index in [9.17, 15) is 48.3 Å². The van der Waals surface area contributed by atoms with Gasteiger partial charge in [-0.15, -0.1) is 0 Å². The van der Waals surface area contributed by atoms with Crippen LogP contribution in [0.4, 0.5) is 48.3 Å². The minimum absolute atomic E-state index is 3.89. The second-order valence-electron chi connectivity index (χ2n) is 2.68. The van der Waals surface area contributed by atoms with Gasteiger partial charge in [0.25, 0.3) is 0 Å². The Bertz CT molecular complexity index is 306. The largest absolute Gasteiger partial charge is 0.456 e.